The fraction of sp³-hybridized carbons (Fsp3) is 0.231. The van der Waals surface area contributed by atoms with Crippen LogP contribution in [-0.4, -0.2) is 46.1 Å². The van der Waals surface area contributed by atoms with Gasteiger partial charge in [-0.05, 0) is 49.7 Å². The summed E-state index contributed by atoms with van der Waals surface area (Å²) in [6.45, 7) is 5.71. The maximum atomic E-state index is 12.0. The number of ether oxygens (including phenoxy) is 2. The molecule has 0 bridgehead atoms. The zero-order valence-corrected chi connectivity index (χ0v) is 20.6. The van der Waals surface area contributed by atoms with Gasteiger partial charge in [0.2, 0.25) is 11.8 Å². The van der Waals surface area contributed by atoms with Gasteiger partial charge in [0.05, 0.1) is 24.3 Å². The molecule has 0 fully saturated rings. The Hall–Kier alpha value is -4.60. The Morgan fingerprint density at radius 2 is 1.94 bits per heavy atom. The molecule has 0 aliphatic rings. The quantitative estimate of drug-likeness (QED) is 0.294. The smallest absolute Gasteiger partial charge is 0.251 e. The van der Waals surface area contributed by atoms with Crippen LogP contribution in [-0.2, 0) is 0 Å². The molecule has 0 unspecified atom stereocenters. The van der Waals surface area contributed by atoms with Crippen molar-refractivity contribution in [3.8, 4) is 22.8 Å². The van der Waals surface area contributed by atoms with E-state index in [1.54, 1.807) is 25.2 Å². The molecule has 0 saturated heterocycles. The number of carbonyl (C=O) groups excluding carboxylic acids is 1. The number of oxazole rings is 1. The van der Waals surface area contributed by atoms with E-state index in [9.17, 15) is 4.79 Å². The number of benzene rings is 2. The van der Waals surface area contributed by atoms with Gasteiger partial charge in [0.25, 0.3) is 5.91 Å². The lowest BCUT2D eigenvalue weighted by Gasteiger charge is -2.14. The molecule has 5 rings (SSSR count). The summed E-state index contributed by atoms with van der Waals surface area (Å²) < 4.78 is 17.2. The van der Waals surface area contributed by atoms with Crippen LogP contribution in [0.25, 0.3) is 33.3 Å². The number of aryl methyl sites for hydroxylation is 1. The van der Waals surface area contributed by atoms with Crippen LogP contribution in [0.4, 0.5) is 11.6 Å². The number of rotatable bonds is 7. The molecular formula is C26H26N6O4. The van der Waals surface area contributed by atoms with Crippen molar-refractivity contribution in [2.75, 3.05) is 19.5 Å². The molecule has 3 heterocycles. The number of hydrogen-bond acceptors (Lipinski definition) is 8. The number of hydrogen-bond donors (Lipinski definition) is 3. The highest BCUT2D eigenvalue weighted by atomic mass is 16.5. The van der Waals surface area contributed by atoms with Gasteiger partial charge >= 0.3 is 0 Å². The molecule has 0 aliphatic carbocycles. The number of nitrogens with one attached hydrogen (secondary N) is 3. The Bertz CT molecular complexity index is 1590. The third kappa shape index (κ3) is 4.28. The van der Waals surface area contributed by atoms with Gasteiger partial charge in [-0.1, -0.05) is 6.07 Å². The number of aromatic amines is 1. The Balaban J connectivity index is 1.58. The molecule has 0 atom stereocenters. The van der Waals surface area contributed by atoms with Gasteiger partial charge in [-0.25, -0.2) is 4.98 Å². The number of nitrogens with zero attached hydrogens (tertiary/aromatic N) is 3. The lowest BCUT2D eigenvalue weighted by molar-refractivity contribution is 0.0962. The monoisotopic (exact) mass is 486 g/mol. The SMILES string of the molecule is CNC(=O)c1ccc(Nc2nc(OC(C)C)c3c(-c4ccc5oc(C)nc5c4)c[nH]c3n2)c(OC)c1. The van der Waals surface area contributed by atoms with E-state index in [2.05, 4.69) is 30.6 Å². The summed E-state index contributed by atoms with van der Waals surface area (Å²) in [4.78, 5) is 29.0. The fourth-order valence-electron chi connectivity index (χ4n) is 4.00. The second-order valence-corrected chi connectivity index (χ2v) is 8.48. The minimum Gasteiger partial charge on any atom is -0.495 e. The van der Waals surface area contributed by atoms with E-state index in [4.69, 9.17) is 13.9 Å². The molecule has 184 valence electrons. The normalized spacial score (nSPS) is 11.3. The van der Waals surface area contributed by atoms with Crippen molar-refractivity contribution in [3.63, 3.8) is 0 Å². The van der Waals surface area contributed by atoms with Crippen LogP contribution in [0, 0.1) is 6.92 Å². The van der Waals surface area contributed by atoms with Crippen molar-refractivity contribution in [2.45, 2.75) is 26.9 Å². The van der Waals surface area contributed by atoms with E-state index in [0.29, 0.717) is 40.4 Å². The summed E-state index contributed by atoms with van der Waals surface area (Å²) in [6.07, 6.45) is 1.77. The summed E-state index contributed by atoms with van der Waals surface area (Å²) >= 11 is 0. The van der Waals surface area contributed by atoms with Crippen molar-refractivity contribution >= 4 is 39.7 Å². The van der Waals surface area contributed by atoms with Crippen LogP contribution in [0.5, 0.6) is 11.6 Å². The van der Waals surface area contributed by atoms with E-state index in [0.717, 1.165) is 27.6 Å². The highest BCUT2D eigenvalue weighted by molar-refractivity contribution is 5.99. The molecule has 3 N–H and O–H groups in total. The first-order chi connectivity index (χ1) is 17.4. The molecule has 2 aromatic carbocycles. The van der Waals surface area contributed by atoms with Gasteiger partial charge in [-0.2, -0.15) is 9.97 Å². The highest BCUT2D eigenvalue weighted by Gasteiger charge is 2.19. The Labute approximate surface area is 207 Å². The zero-order chi connectivity index (χ0) is 25.4. The molecule has 0 aliphatic heterocycles. The average molecular weight is 487 g/mol. The van der Waals surface area contributed by atoms with E-state index in [1.807, 2.05) is 45.2 Å². The Morgan fingerprint density at radius 1 is 1.11 bits per heavy atom. The fourth-order valence-corrected chi connectivity index (χ4v) is 4.00. The van der Waals surface area contributed by atoms with Crippen LogP contribution in [0.2, 0.25) is 0 Å². The lowest BCUT2D eigenvalue weighted by atomic mass is 10.1. The topological polar surface area (TPSA) is 127 Å². The average Bonchev–Trinajstić information content (AvgIpc) is 3.45. The summed E-state index contributed by atoms with van der Waals surface area (Å²) in [7, 11) is 3.12. The van der Waals surface area contributed by atoms with Crippen LogP contribution in [0.1, 0.15) is 30.1 Å². The summed E-state index contributed by atoms with van der Waals surface area (Å²) in [5.74, 6) is 1.64. The van der Waals surface area contributed by atoms with Crippen LogP contribution in [0.3, 0.4) is 0 Å². The molecule has 3 aromatic heterocycles. The van der Waals surface area contributed by atoms with Crippen molar-refractivity contribution in [1.29, 1.82) is 0 Å². The molecule has 0 saturated carbocycles. The number of amides is 1. The minimum absolute atomic E-state index is 0.110. The second-order valence-electron chi connectivity index (χ2n) is 8.48. The number of carbonyl (C=O) groups is 1. The summed E-state index contributed by atoms with van der Waals surface area (Å²) in [5.41, 5.74) is 5.03. The number of aromatic nitrogens is 4. The van der Waals surface area contributed by atoms with Gasteiger partial charge in [0.1, 0.15) is 16.9 Å². The zero-order valence-electron chi connectivity index (χ0n) is 20.6. The highest BCUT2D eigenvalue weighted by Crippen LogP contribution is 2.37. The summed E-state index contributed by atoms with van der Waals surface area (Å²) in [5, 5.41) is 6.55. The largest absolute Gasteiger partial charge is 0.495 e. The first kappa shape index (κ1) is 23.2. The maximum absolute atomic E-state index is 12.0. The van der Waals surface area contributed by atoms with Gasteiger partial charge in [0.15, 0.2) is 11.5 Å². The lowest BCUT2D eigenvalue weighted by Crippen LogP contribution is -2.17. The number of methoxy groups -OCH3 is 1. The van der Waals surface area contributed by atoms with Crippen molar-refractivity contribution < 1.29 is 18.7 Å². The maximum Gasteiger partial charge on any atom is 0.251 e. The first-order valence-electron chi connectivity index (χ1n) is 11.5. The molecule has 5 aromatic rings. The molecular weight excluding hydrogens is 460 g/mol. The van der Waals surface area contributed by atoms with Crippen molar-refractivity contribution in [3.05, 3.63) is 54.0 Å². The van der Waals surface area contributed by atoms with Gasteiger partial charge in [0, 0.05) is 31.3 Å². The van der Waals surface area contributed by atoms with Crippen LogP contribution in [0.15, 0.2) is 47.0 Å². The third-order valence-electron chi connectivity index (χ3n) is 5.59. The first-order valence-corrected chi connectivity index (χ1v) is 11.5. The van der Waals surface area contributed by atoms with Gasteiger partial charge in [-0.15, -0.1) is 0 Å². The molecule has 0 radical (unpaired) electrons. The Morgan fingerprint density at radius 3 is 2.69 bits per heavy atom. The molecule has 0 spiro atoms. The third-order valence-corrected chi connectivity index (χ3v) is 5.59. The molecule has 10 nitrogen and oxygen atoms in total. The number of anilines is 2. The summed E-state index contributed by atoms with van der Waals surface area (Å²) in [6, 6.07) is 10.9. The van der Waals surface area contributed by atoms with Gasteiger partial charge in [-0.3, -0.25) is 4.79 Å². The van der Waals surface area contributed by atoms with E-state index >= 15 is 0 Å². The van der Waals surface area contributed by atoms with Crippen molar-refractivity contribution in [1.82, 2.24) is 25.3 Å². The van der Waals surface area contributed by atoms with E-state index in [-0.39, 0.29) is 12.0 Å². The van der Waals surface area contributed by atoms with Crippen LogP contribution >= 0.6 is 0 Å². The number of H-pyrrole nitrogens is 1. The van der Waals surface area contributed by atoms with Crippen LogP contribution < -0.4 is 20.1 Å². The minimum atomic E-state index is -0.206. The van der Waals surface area contributed by atoms with Gasteiger partial charge < -0.3 is 29.5 Å². The van der Waals surface area contributed by atoms with E-state index < -0.39 is 0 Å². The van der Waals surface area contributed by atoms with E-state index in [1.165, 1.54) is 7.11 Å². The molecule has 1 amide bonds. The second kappa shape index (κ2) is 9.21. The predicted molar refractivity (Wildman–Crippen MR) is 137 cm³/mol. The Kier molecular flexibility index (Phi) is 5.93. The van der Waals surface area contributed by atoms with Crippen molar-refractivity contribution in [2.24, 2.45) is 0 Å². The standard InChI is InChI=1S/C26H26N6O4/c1-13(2)35-25-22-17(15-7-9-20-19(10-15)29-14(3)36-20)12-28-23(22)31-26(32-25)30-18-8-6-16(24(33)27-4)11-21(18)34-5/h6-13H,1-5H3,(H,27,33)(H2,28,30,31,32). The molecule has 10 heteroatoms. The number of fused-ring (bicyclic) bond motifs is 2. The predicted octanol–water partition coefficient (Wildman–Crippen LogP) is 4.97. The molecule has 36 heavy (non-hydrogen) atoms.